The minimum absolute atomic E-state index is 0.221. The molecule has 0 spiro atoms. The van der Waals surface area contributed by atoms with E-state index < -0.39 is 43.1 Å². The third-order valence-corrected chi connectivity index (χ3v) is 2.91. The number of hydrogen-bond acceptors (Lipinski definition) is 9. The fourth-order valence-electron chi connectivity index (χ4n) is 2.03. The largest absolute Gasteiger partial charge is 0.454 e. The fourth-order valence-corrected chi connectivity index (χ4v) is 2.03. The van der Waals surface area contributed by atoms with Crippen LogP contribution in [0.1, 0.15) is 11.7 Å². The smallest absolute Gasteiger partial charge is 0.447 e. The number of ether oxygens (including phenoxy) is 1. The standard InChI is InChI=1S/C9H12N6O7/c10-7(17)20-2-4-6(16)5(3-1-12-14-13-3)15(4)9(19)22-21-8(11)18/h1,4-6,16H,2H2,(H2,10,17)(H2,11,18)(H,12,13,14)/t4-,5-,6+/m0/s1. The van der Waals surface area contributed by atoms with E-state index in [1.165, 1.54) is 6.20 Å². The van der Waals surface area contributed by atoms with E-state index in [4.69, 9.17) is 5.73 Å². The lowest BCUT2D eigenvalue weighted by Crippen LogP contribution is -2.66. The van der Waals surface area contributed by atoms with Crippen LogP contribution in [0.25, 0.3) is 0 Å². The van der Waals surface area contributed by atoms with E-state index in [1.54, 1.807) is 0 Å². The number of amides is 3. The molecule has 0 unspecified atom stereocenters. The first kappa shape index (κ1) is 15.3. The highest BCUT2D eigenvalue weighted by Gasteiger charge is 2.54. The van der Waals surface area contributed by atoms with E-state index >= 15 is 0 Å². The van der Waals surface area contributed by atoms with Crippen molar-refractivity contribution in [3.63, 3.8) is 0 Å². The predicted molar refractivity (Wildman–Crippen MR) is 63.4 cm³/mol. The molecule has 0 radical (unpaired) electrons. The second-order valence-electron chi connectivity index (χ2n) is 4.19. The molecule has 13 heteroatoms. The Bertz CT molecular complexity index is 563. The molecule has 1 aromatic rings. The number of hydrogen-bond donors (Lipinski definition) is 4. The quantitative estimate of drug-likeness (QED) is 0.364. The van der Waals surface area contributed by atoms with Crippen molar-refractivity contribution in [2.75, 3.05) is 6.61 Å². The first-order chi connectivity index (χ1) is 10.4. The molecule has 0 saturated carbocycles. The number of aromatic nitrogens is 3. The molecule has 120 valence electrons. The van der Waals surface area contributed by atoms with Crippen LogP contribution in [0.15, 0.2) is 6.20 Å². The van der Waals surface area contributed by atoms with Crippen molar-refractivity contribution in [1.82, 2.24) is 20.3 Å². The summed E-state index contributed by atoms with van der Waals surface area (Å²) in [4.78, 5) is 42.0. The Balaban J connectivity index is 2.11. The Morgan fingerprint density at radius 2 is 2.05 bits per heavy atom. The van der Waals surface area contributed by atoms with Gasteiger partial charge in [-0.05, 0) is 0 Å². The predicted octanol–water partition coefficient (Wildman–Crippen LogP) is -1.87. The van der Waals surface area contributed by atoms with Gasteiger partial charge in [0.1, 0.15) is 24.4 Å². The molecule has 2 heterocycles. The van der Waals surface area contributed by atoms with Crippen LogP contribution in [0.4, 0.5) is 14.4 Å². The van der Waals surface area contributed by atoms with Gasteiger partial charge in [0.2, 0.25) is 0 Å². The van der Waals surface area contributed by atoms with Gasteiger partial charge >= 0.3 is 18.3 Å². The summed E-state index contributed by atoms with van der Waals surface area (Å²) in [5.74, 6) is 0. The maximum absolute atomic E-state index is 11.9. The van der Waals surface area contributed by atoms with Crippen LogP contribution in [0, 0.1) is 0 Å². The third-order valence-electron chi connectivity index (χ3n) is 2.91. The van der Waals surface area contributed by atoms with Crippen LogP contribution in [0.3, 0.4) is 0 Å². The molecule has 2 rings (SSSR count). The lowest BCUT2D eigenvalue weighted by Gasteiger charge is -2.49. The molecule has 1 aliphatic rings. The van der Waals surface area contributed by atoms with Gasteiger partial charge in [-0.15, -0.1) is 0 Å². The van der Waals surface area contributed by atoms with Crippen molar-refractivity contribution in [1.29, 1.82) is 0 Å². The number of likely N-dealkylation sites (tertiary alicyclic amines) is 1. The lowest BCUT2D eigenvalue weighted by molar-refractivity contribution is -0.212. The first-order valence-corrected chi connectivity index (χ1v) is 5.84. The molecule has 3 atom stereocenters. The lowest BCUT2D eigenvalue weighted by atomic mass is 9.88. The summed E-state index contributed by atoms with van der Waals surface area (Å²) in [6, 6.07) is -1.91. The number of nitrogens with one attached hydrogen (secondary N) is 1. The Morgan fingerprint density at radius 1 is 1.32 bits per heavy atom. The van der Waals surface area contributed by atoms with E-state index in [1.807, 2.05) is 0 Å². The van der Waals surface area contributed by atoms with Crippen molar-refractivity contribution in [2.45, 2.75) is 18.2 Å². The third kappa shape index (κ3) is 2.98. The van der Waals surface area contributed by atoms with Crippen molar-refractivity contribution in [2.24, 2.45) is 11.5 Å². The van der Waals surface area contributed by atoms with Gasteiger partial charge < -0.3 is 21.3 Å². The zero-order valence-electron chi connectivity index (χ0n) is 10.9. The van der Waals surface area contributed by atoms with Gasteiger partial charge in [-0.1, -0.05) is 0 Å². The number of primary amides is 2. The average Bonchev–Trinajstić information content (AvgIpc) is 2.95. The fraction of sp³-hybridized carbons (Fsp3) is 0.444. The van der Waals surface area contributed by atoms with Crippen LogP contribution in [0.2, 0.25) is 0 Å². The number of aromatic amines is 1. The van der Waals surface area contributed by atoms with Gasteiger partial charge in [0.25, 0.3) is 0 Å². The molecule has 1 fully saturated rings. The summed E-state index contributed by atoms with van der Waals surface area (Å²) in [6.45, 7) is -0.392. The maximum atomic E-state index is 11.9. The minimum Gasteiger partial charge on any atom is -0.447 e. The normalized spacial score (nSPS) is 23.3. The van der Waals surface area contributed by atoms with Gasteiger partial charge in [0.15, 0.2) is 0 Å². The SMILES string of the molecule is NC(=O)OC[C@H]1[C@@H](O)[C@H](c2cn[nH]n2)N1C(=O)OOC(N)=O. The highest BCUT2D eigenvalue weighted by atomic mass is 17.2. The average molecular weight is 316 g/mol. The Morgan fingerprint density at radius 3 is 2.59 bits per heavy atom. The molecular formula is C9H12N6O7. The van der Waals surface area contributed by atoms with Crippen LogP contribution in [-0.4, -0.2) is 62.4 Å². The molecule has 1 saturated heterocycles. The highest BCUT2D eigenvalue weighted by molar-refractivity contribution is 5.72. The van der Waals surface area contributed by atoms with Crippen LogP contribution in [0.5, 0.6) is 0 Å². The molecule has 6 N–H and O–H groups in total. The second kappa shape index (κ2) is 6.13. The van der Waals surface area contributed by atoms with Crippen LogP contribution >= 0.6 is 0 Å². The first-order valence-electron chi connectivity index (χ1n) is 5.84. The number of rotatable bonds is 3. The Kier molecular flexibility index (Phi) is 4.26. The van der Waals surface area contributed by atoms with Crippen molar-refractivity contribution >= 4 is 18.3 Å². The van der Waals surface area contributed by atoms with E-state index in [2.05, 4.69) is 35.7 Å². The van der Waals surface area contributed by atoms with E-state index in [9.17, 15) is 19.5 Å². The Labute approximate surface area is 122 Å². The van der Waals surface area contributed by atoms with Gasteiger partial charge in [-0.25, -0.2) is 24.2 Å². The number of H-pyrrole nitrogens is 1. The zero-order chi connectivity index (χ0) is 16.3. The Hall–Kier alpha value is -3.09. The summed E-state index contributed by atoms with van der Waals surface area (Å²) in [5.41, 5.74) is 9.72. The number of aliphatic hydroxyl groups is 1. The summed E-state index contributed by atoms with van der Waals surface area (Å²) < 4.78 is 4.54. The molecule has 1 aliphatic heterocycles. The molecular weight excluding hydrogens is 304 g/mol. The number of carbonyl (C=O) groups is 3. The zero-order valence-corrected chi connectivity index (χ0v) is 10.9. The van der Waals surface area contributed by atoms with E-state index in [-0.39, 0.29) is 5.69 Å². The number of nitrogens with zero attached hydrogens (tertiary/aromatic N) is 3. The molecule has 0 aromatic carbocycles. The molecule has 1 aromatic heterocycles. The molecule has 3 amide bonds. The van der Waals surface area contributed by atoms with E-state index in [0.29, 0.717) is 0 Å². The van der Waals surface area contributed by atoms with Crippen LogP contribution < -0.4 is 11.5 Å². The van der Waals surface area contributed by atoms with Gasteiger partial charge in [-0.2, -0.15) is 15.4 Å². The molecule has 22 heavy (non-hydrogen) atoms. The maximum Gasteiger partial charge on any atom is 0.454 e. The van der Waals surface area contributed by atoms with Gasteiger partial charge in [0.05, 0.1) is 12.2 Å². The summed E-state index contributed by atoms with van der Waals surface area (Å²) >= 11 is 0. The topological polar surface area (TPSA) is 196 Å². The number of carbonyl (C=O) groups excluding carboxylic acids is 3. The van der Waals surface area contributed by atoms with Gasteiger partial charge in [0, 0.05) is 0 Å². The monoisotopic (exact) mass is 316 g/mol. The molecule has 0 bridgehead atoms. The number of nitrogens with two attached hydrogens (primary N) is 2. The van der Waals surface area contributed by atoms with Gasteiger partial charge in [-0.3, -0.25) is 4.90 Å². The van der Waals surface area contributed by atoms with Crippen molar-refractivity contribution in [3.8, 4) is 0 Å². The molecule has 0 aliphatic carbocycles. The van der Waals surface area contributed by atoms with Crippen molar-refractivity contribution in [3.05, 3.63) is 11.9 Å². The summed E-state index contributed by atoms with van der Waals surface area (Å²) in [5, 5.41) is 19.7. The number of aliphatic hydroxyl groups excluding tert-OH is 1. The summed E-state index contributed by atoms with van der Waals surface area (Å²) in [6.07, 6.45) is -3.43. The molecule has 13 nitrogen and oxygen atoms in total. The van der Waals surface area contributed by atoms with Crippen LogP contribution in [-0.2, 0) is 14.5 Å². The van der Waals surface area contributed by atoms with E-state index in [0.717, 1.165) is 4.90 Å². The van der Waals surface area contributed by atoms with Crippen molar-refractivity contribution < 1.29 is 34.0 Å². The minimum atomic E-state index is -1.34. The highest BCUT2D eigenvalue weighted by Crippen LogP contribution is 2.38. The summed E-state index contributed by atoms with van der Waals surface area (Å²) in [7, 11) is 0. The second-order valence-corrected chi connectivity index (χ2v) is 4.19.